The topological polar surface area (TPSA) is 41.1 Å². The Hall–Kier alpha value is -1.49. The highest BCUT2D eigenvalue weighted by Gasteiger charge is 2.27. The van der Waals surface area contributed by atoms with Crippen molar-refractivity contribution < 1.29 is 13.6 Å². The molecule has 20 heavy (non-hydrogen) atoms. The molecule has 5 heteroatoms. The molecule has 0 aromatic heterocycles. The SMILES string of the molecule is CC1(CNC(=O)Cc2ccc(F)cc2F)CCNCC1. The summed E-state index contributed by atoms with van der Waals surface area (Å²) in [5.41, 5.74) is 0.321. The molecule has 0 bridgehead atoms. The largest absolute Gasteiger partial charge is 0.355 e. The third-order valence-electron chi connectivity index (χ3n) is 3.89. The highest BCUT2D eigenvalue weighted by molar-refractivity contribution is 5.78. The Morgan fingerprint density at radius 1 is 1.35 bits per heavy atom. The monoisotopic (exact) mass is 282 g/mol. The summed E-state index contributed by atoms with van der Waals surface area (Å²) in [7, 11) is 0. The van der Waals surface area contributed by atoms with Gasteiger partial charge in [0.15, 0.2) is 0 Å². The molecule has 1 aromatic carbocycles. The number of rotatable bonds is 4. The van der Waals surface area contributed by atoms with Gasteiger partial charge < -0.3 is 10.6 Å². The Labute approximate surface area is 117 Å². The molecule has 1 amide bonds. The van der Waals surface area contributed by atoms with E-state index >= 15 is 0 Å². The lowest BCUT2D eigenvalue weighted by Crippen LogP contribution is -2.43. The lowest BCUT2D eigenvalue weighted by molar-refractivity contribution is -0.121. The highest BCUT2D eigenvalue weighted by atomic mass is 19.1. The van der Waals surface area contributed by atoms with Crippen molar-refractivity contribution in [3.63, 3.8) is 0 Å². The van der Waals surface area contributed by atoms with E-state index in [0.29, 0.717) is 6.54 Å². The first-order valence-electron chi connectivity index (χ1n) is 6.90. The van der Waals surface area contributed by atoms with E-state index in [1.807, 2.05) is 0 Å². The van der Waals surface area contributed by atoms with Crippen molar-refractivity contribution in [2.24, 2.45) is 5.41 Å². The molecular formula is C15H20F2N2O. The fourth-order valence-electron chi connectivity index (χ4n) is 2.42. The predicted molar refractivity (Wildman–Crippen MR) is 73.3 cm³/mol. The molecule has 1 aromatic rings. The van der Waals surface area contributed by atoms with E-state index in [1.54, 1.807) is 0 Å². The van der Waals surface area contributed by atoms with E-state index in [0.717, 1.165) is 32.0 Å². The van der Waals surface area contributed by atoms with Crippen molar-refractivity contribution in [3.05, 3.63) is 35.4 Å². The van der Waals surface area contributed by atoms with Gasteiger partial charge in [0.1, 0.15) is 11.6 Å². The summed E-state index contributed by atoms with van der Waals surface area (Å²) in [4.78, 5) is 11.8. The molecule has 0 spiro atoms. The molecular weight excluding hydrogens is 262 g/mol. The second-order valence-corrected chi connectivity index (χ2v) is 5.75. The standard InChI is InChI=1S/C15H20F2N2O/c1-15(4-6-18-7-5-15)10-19-14(20)8-11-2-3-12(16)9-13(11)17/h2-3,9,18H,4-8,10H2,1H3,(H,19,20). The van der Waals surface area contributed by atoms with E-state index in [9.17, 15) is 13.6 Å². The van der Waals surface area contributed by atoms with Crippen molar-refractivity contribution in [1.82, 2.24) is 10.6 Å². The number of piperidine rings is 1. The molecule has 1 fully saturated rings. The minimum Gasteiger partial charge on any atom is -0.355 e. The number of halogens is 2. The van der Waals surface area contributed by atoms with Gasteiger partial charge in [-0.3, -0.25) is 4.79 Å². The van der Waals surface area contributed by atoms with Crippen LogP contribution in [0.4, 0.5) is 8.78 Å². The molecule has 2 N–H and O–H groups in total. The van der Waals surface area contributed by atoms with Crippen LogP contribution in [0.3, 0.4) is 0 Å². The average Bonchev–Trinajstić information content (AvgIpc) is 2.41. The Bertz CT molecular complexity index is 485. The Balaban J connectivity index is 1.86. The number of amides is 1. The number of carbonyl (C=O) groups is 1. The zero-order valence-corrected chi connectivity index (χ0v) is 11.6. The molecule has 0 saturated carbocycles. The van der Waals surface area contributed by atoms with Gasteiger partial charge in [-0.15, -0.1) is 0 Å². The van der Waals surface area contributed by atoms with Gasteiger partial charge in [-0.2, -0.15) is 0 Å². The second kappa shape index (κ2) is 6.31. The van der Waals surface area contributed by atoms with Crippen molar-refractivity contribution in [1.29, 1.82) is 0 Å². The van der Waals surface area contributed by atoms with E-state index in [4.69, 9.17) is 0 Å². The van der Waals surface area contributed by atoms with Crippen LogP contribution in [-0.4, -0.2) is 25.5 Å². The van der Waals surface area contributed by atoms with Crippen LogP contribution in [0.2, 0.25) is 0 Å². The van der Waals surface area contributed by atoms with Gasteiger partial charge in [-0.1, -0.05) is 13.0 Å². The minimum absolute atomic E-state index is 0.0551. The van der Waals surface area contributed by atoms with Crippen LogP contribution in [0.1, 0.15) is 25.3 Å². The van der Waals surface area contributed by atoms with Crippen LogP contribution >= 0.6 is 0 Å². The summed E-state index contributed by atoms with van der Waals surface area (Å²) in [6.07, 6.45) is 1.97. The summed E-state index contributed by atoms with van der Waals surface area (Å²) in [6, 6.07) is 3.28. The molecule has 1 heterocycles. The first-order valence-corrected chi connectivity index (χ1v) is 6.90. The van der Waals surface area contributed by atoms with Crippen LogP contribution in [0.5, 0.6) is 0 Å². The third kappa shape index (κ3) is 4.00. The smallest absolute Gasteiger partial charge is 0.224 e. The van der Waals surface area contributed by atoms with Gasteiger partial charge in [0.2, 0.25) is 5.91 Å². The predicted octanol–water partition coefficient (Wildman–Crippen LogP) is 2.01. The van der Waals surface area contributed by atoms with Crippen LogP contribution in [0, 0.1) is 17.0 Å². The summed E-state index contributed by atoms with van der Waals surface area (Å²) in [5, 5.41) is 6.14. The van der Waals surface area contributed by atoms with E-state index in [1.165, 1.54) is 12.1 Å². The zero-order chi connectivity index (χ0) is 14.6. The lowest BCUT2D eigenvalue weighted by atomic mass is 9.81. The van der Waals surface area contributed by atoms with Gasteiger partial charge in [-0.25, -0.2) is 8.78 Å². The first kappa shape index (κ1) is 14.9. The fraction of sp³-hybridized carbons (Fsp3) is 0.533. The lowest BCUT2D eigenvalue weighted by Gasteiger charge is -2.34. The van der Waals surface area contributed by atoms with Gasteiger partial charge in [0.25, 0.3) is 0 Å². The molecule has 0 unspecified atom stereocenters. The van der Waals surface area contributed by atoms with E-state index in [-0.39, 0.29) is 23.3 Å². The first-order chi connectivity index (χ1) is 9.48. The Morgan fingerprint density at radius 2 is 2.05 bits per heavy atom. The molecule has 0 aliphatic carbocycles. The molecule has 2 rings (SSSR count). The maximum atomic E-state index is 13.5. The zero-order valence-electron chi connectivity index (χ0n) is 11.6. The molecule has 110 valence electrons. The highest BCUT2D eigenvalue weighted by Crippen LogP contribution is 2.26. The normalized spacial score (nSPS) is 17.8. The van der Waals surface area contributed by atoms with Crippen molar-refractivity contribution in [2.75, 3.05) is 19.6 Å². The summed E-state index contributed by atoms with van der Waals surface area (Å²) >= 11 is 0. The number of benzene rings is 1. The minimum atomic E-state index is -0.673. The van der Waals surface area contributed by atoms with Crippen molar-refractivity contribution in [2.45, 2.75) is 26.2 Å². The van der Waals surface area contributed by atoms with Crippen molar-refractivity contribution >= 4 is 5.91 Å². The molecule has 1 saturated heterocycles. The van der Waals surface area contributed by atoms with Gasteiger partial charge in [0.05, 0.1) is 6.42 Å². The Kier molecular flexibility index (Phi) is 4.70. The number of hydrogen-bond acceptors (Lipinski definition) is 2. The number of carbonyl (C=O) groups excluding carboxylic acids is 1. The van der Waals surface area contributed by atoms with Gasteiger partial charge in [-0.05, 0) is 43.0 Å². The third-order valence-corrected chi connectivity index (χ3v) is 3.89. The summed E-state index contributed by atoms with van der Waals surface area (Å²) in [6.45, 7) is 4.65. The Morgan fingerprint density at radius 3 is 2.70 bits per heavy atom. The average molecular weight is 282 g/mol. The van der Waals surface area contributed by atoms with Gasteiger partial charge in [0, 0.05) is 12.6 Å². The molecule has 1 aliphatic heterocycles. The molecule has 0 radical (unpaired) electrons. The summed E-state index contributed by atoms with van der Waals surface area (Å²) in [5.74, 6) is -1.53. The maximum absolute atomic E-state index is 13.5. The summed E-state index contributed by atoms with van der Waals surface area (Å²) < 4.78 is 26.2. The van der Waals surface area contributed by atoms with E-state index in [2.05, 4.69) is 17.6 Å². The van der Waals surface area contributed by atoms with E-state index < -0.39 is 11.6 Å². The van der Waals surface area contributed by atoms with Crippen LogP contribution in [-0.2, 0) is 11.2 Å². The number of nitrogens with one attached hydrogen (secondary N) is 2. The van der Waals surface area contributed by atoms with Crippen molar-refractivity contribution in [3.8, 4) is 0 Å². The number of hydrogen-bond donors (Lipinski definition) is 2. The van der Waals surface area contributed by atoms with Gasteiger partial charge >= 0.3 is 0 Å². The molecule has 1 aliphatic rings. The molecule has 0 atom stereocenters. The fourth-order valence-corrected chi connectivity index (χ4v) is 2.42. The van der Waals surface area contributed by atoms with Crippen LogP contribution in [0.15, 0.2) is 18.2 Å². The second-order valence-electron chi connectivity index (χ2n) is 5.75. The quantitative estimate of drug-likeness (QED) is 0.887. The van der Waals surface area contributed by atoms with Crippen LogP contribution < -0.4 is 10.6 Å². The van der Waals surface area contributed by atoms with Crippen LogP contribution in [0.25, 0.3) is 0 Å². The maximum Gasteiger partial charge on any atom is 0.224 e. The molecule has 3 nitrogen and oxygen atoms in total.